The summed E-state index contributed by atoms with van der Waals surface area (Å²) in [5, 5.41) is 14.3. The van der Waals surface area contributed by atoms with Crippen molar-refractivity contribution in [1.82, 2.24) is 4.90 Å². The number of likely N-dealkylation sites (tertiary alicyclic amines) is 1. The Labute approximate surface area is 167 Å². The first-order valence-corrected chi connectivity index (χ1v) is 9.28. The third-order valence-corrected chi connectivity index (χ3v) is 5.30. The number of hydrogen-bond donors (Lipinski definition) is 1. The molecule has 2 amide bonds. The Morgan fingerprint density at radius 2 is 1.93 bits per heavy atom. The van der Waals surface area contributed by atoms with Gasteiger partial charge in [0.05, 0.1) is 4.92 Å². The number of halogens is 1. The molecular formula is C20H20ClN3O4. The third-order valence-electron chi connectivity index (χ3n) is 4.90. The Morgan fingerprint density at radius 3 is 2.57 bits per heavy atom. The second kappa shape index (κ2) is 7.98. The summed E-state index contributed by atoms with van der Waals surface area (Å²) >= 11 is 6.10. The van der Waals surface area contributed by atoms with Crippen molar-refractivity contribution < 1.29 is 14.5 Å². The van der Waals surface area contributed by atoms with Crippen molar-refractivity contribution in [3.8, 4) is 0 Å². The van der Waals surface area contributed by atoms with Crippen LogP contribution in [0.2, 0.25) is 5.02 Å². The van der Waals surface area contributed by atoms with Gasteiger partial charge in [0.1, 0.15) is 6.04 Å². The van der Waals surface area contributed by atoms with Crippen molar-refractivity contribution in [2.24, 2.45) is 0 Å². The molecule has 1 aliphatic rings. The summed E-state index contributed by atoms with van der Waals surface area (Å²) in [5.74, 6) is -0.581. The molecule has 2 aromatic carbocycles. The van der Waals surface area contributed by atoms with Crippen LogP contribution in [0.3, 0.4) is 0 Å². The van der Waals surface area contributed by atoms with Crippen LogP contribution in [0.1, 0.15) is 34.3 Å². The zero-order chi connectivity index (χ0) is 20.4. The molecule has 0 spiro atoms. The molecule has 0 bridgehead atoms. The first-order valence-electron chi connectivity index (χ1n) is 8.91. The van der Waals surface area contributed by atoms with Crippen LogP contribution in [0.15, 0.2) is 36.4 Å². The fraction of sp³-hybridized carbons (Fsp3) is 0.300. The molecular weight excluding hydrogens is 382 g/mol. The fourth-order valence-corrected chi connectivity index (χ4v) is 3.52. The molecule has 0 radical (unpaired) electrons. The lowest BCUT2D eigenvalue weighted by molar-refractivity contribution is -0.385. The van der Waals surface area contributed by atoms with Gasteiger partial charge in [-0.2, -0.15) is 0 Å². The number of benzene rings is 2. The predicted octanol–water partition coefficient (Wildman–Crippen LogP) is 4.11. The molecule has 0 saturated carbocycles. The van der Waals surface area contributed by atoms with E-state index in [1.807, 2.05) is 13.0 Å². The van der Waals surface area contributed by atoms with E-state index in [0.29, 0.717) is 41.2 Å². The normalized spacial score (nSPS) is 16.1. The second-order valence-electron chi connectivity index (χ2n) is 6.87. The molecule has 0 aromatic heterocycles. The van der Waals surface area contributed by atoms with Crippen molar-refractivity contribution >= 4 is 34.8 Å². The summed E-state index contributed by atoms with van der Waals surface area (Å²) in [4.78, 5) is 37.6. The highest BCUT2D eigenvalue weighted by molar-refractivity contribution is 6.31. The number of nitro benzene ring substituents is 1. The lowest BCUT2D eigenvalue weighted by Crippen LogP contribution is -2.43. The molecule has 1 aliphatic heterocycles. The van der Waals surface area contributed by atoms with E-state index in [-0.39, 0.29) is 17.5 Å². The largest absolute Gasteiger partial charge is 0.327 e. The minimum atomic E-state index is -0.594. The molecule has 0 aliphatic carbocycles. The maximum atomic E-state index is 12.9. The number of carbonyl (C=O) groups excluding carboxylic acids is 2. The number of hydrogen-bond acceptors (Lipinski definition) is 4. The van der Waals surface area contributed by atoms with Gasteiger partial charge in [-0.1, -0.05) is 17.7 Å². The van der Waals surface area contributed by atoms with E-state index in [2.05, 4.69) is 5.32 Å². The minimum Gasteiger partial charge on any atom is -0.327 e. The third kappa shape index (κ3) is 3.99. The summed E-state index contributed by atoms with van der Waals surface area (Å²) in [7, 11) is 0. The van der Waals surface area contributed by atoms with E-state index >= 15 is 0 Å². The van der Waals surface area contributed by atoms with E-state index < -0.39 is 11.0 Å². The molecule has 7 nitrogen and oxygen atoms in total. The maximum Gasteiger partial charge on any atom is 0.272 e. The molecule has 8 heteroatoms. The first-order chi connectivity index (χ1) is 13.3. The Kier molecular flexibility index (Phi) is 5.65. The van der Waals surface area contributed by atoms with Crippen LogP contribution in [0.4, 0.5) is 11.4 Å². The van der Waals surface area contributed by atoms with Gasteiger partial charge in [0.25, 0.3) is 11.6 Å². The molecule has 28 heavy (non-hydrogen) atoms. The number of aryl methyl sites for hydroxylation is 2. The summed E-state index contributed by atoms with van der Waals surface area (Å²) < 4.78 is 0. The average Bonchev–Trinajstić information content (AvgIpc) is 3.13. The summed E-state index contributed by atoms with van der Waals surface area (Å²) in [6, 6.07) is 8.91. The van der Waals surface area contributed by atoms with E-state index in [0.717, 1.165) is 5.56 Å². The van der Waals surface area contributed by atoms with Crippen molar-refractivity contribution in [2.45, 2.75) is 32.7 Å². The van der Waals surface area contributed by atoms with Crippen LogP contribution in [-0.2, 0) is 4.79 Å². The standard InChI is InChI=1S/C20H20ClN3O4/c1-12-5-7-15(11-16(12)21)22-19(25)18-4-3-9-23(18)20(26)14-6-8-17(24(27)28)13(2)10-14/h5-8,10-11,18H,3-4,9H2,1-2H3,(H,22,25). The summed E-state index contributed by atoms with van der Waals surface area (Å²) in [6.45, 7) is 3.92. The van der Waals surface area contributed by atoms with Gasteiger partial charge in [-0.05, 0) is 56.5 Å². The second-order valence-corrected chi connectivity index (χ2v) is 7.28. The summed E-state index contributed by atoms with van der Waals surface area (Å²) in [5.41, 5.74) is 2.19. The molecule has 1 saturated heterocycles. The molecule has 1 atom stereocenters. The monoisotopic (exact) mass is 401 g/mol. The first kappa shape index (κ1) is 19.8. The smallest absolute Gasteiger partial charge is 0.272 e. The Morgan fingerprint density at radius 1 is 1.18 bits per heavy atom. The van der Waals surface area contributed by atoms with Gasteiger partial charge in [-0.15, -0.1) is 0 Å². The average molecular weight is 402 g/mol. The van der Waals surface area contributed by atoms with Crippen molar-refractivity contribution in [1.29, 1.82) is 0 Å². The molecule has 1 heterocycles. The molecule has 3 rings (SSSR count). The maximum absolute atomic E-state index is 12.9. The number of carbonyl (C=O) groups is 2. The van der Waals surface area contributed by atoms with E-state index in [1.165, 1.54) is 23.1 Å². The van der Waals surface area contributed by atoms with E-state index in [4.69, 9.17) is 11.6 Å². The Balaban J connectivity index is 1.77. The van der Waals surface area contributed by atoms with Crippen LogP contribution in [0, 0.1) is 24.0 Å². The summed E-state index contributed by atoms with van der Waals surface area (Å²) in [6.07, 6.45) is 1.27. The topological polar surface area (TPSA) is 92.6 Å². The van der Waals surface area contributed by atoms with Crippen LogP contribution < -0.4 is 5.32 Å². The number of rotatable bonds is 4. The molecule has 2 aromatic rings. The van der Waals surface area contributed by atoms with Gasteiger partial charge in [-0.25, -0.2) is 0 Å². The number of nitrogens with zero attached hydrogens (tertiary/aromatic N) is 2. The molecule has 1 N–H and O–H groups in total. The van der Waals surface area contributed by atoms with E-state index in [9.17, 15) is 19.7 Å². The van der Waals surface area contributed by atoms with Gasteiger partial charge >= 0.3 is 0 Å². The van der Waals surface area contributed by atoms with Gasteiger partial charge in [0.2, 0.25) is 5.91 Å². The number of nitro groups is 1. The van der Waals surface area contributed by atoms with Crippen molar-refractivity contribution in [3.05, 3.63) is 68.2 Å². The van der Waals surface area contributed by atoms with Crippen LogP contribution in [-0.4, -0.2) is 34.2 Å². The van der Waals surface area contributed by atoms with Gasteiger partial charge in [0, 0.05) is 34.4 Å². The Hall–Kier alpha value is -2.93. The fourth-order valence-electron chi connectivity index (χ4n) is 3.34. The van der Waals surface area contributed by atoms with Crippen molar-refractivity contribution in [3.63, 3.8) is 0 Å². The molecule has 146 valence electrons. The SMILES string of the molecule is Cc1ccc(NC(=O)C2CCCN2C(=O)c2ccc([N+](=O)[O-])c(C)c2)cc1Cl. The Bertz CT molecular complexity index is 960. The minimum absolute atomic E-state index is 0.0384. The highest BCUT2D eigenvalue weighted by atomic mass is 35.5. The van der Waals surface area contributed by atoms with Crippen molar-refractivity contribution in [2.75, 3.05) is 11.9 Å². The lowest BCUT2D eigenvalue weighted by Gasteiger charge is -2.24. The van der Waals surface area contributed by atoms with Crippen LogP contribution in [0.5, 0.6) is 0 Å². The molecule has 1 fully saturated rings. The zero-order valence-corrected chi connectivity index (χ0v) is 16.3. The quantitative estimate of drug-likeness (QED) is 0.616. The number of anilines is 1. The highest BCUT2D eigenvalue weighted by Gasteiger charge is 2.35. The molecule has 1 unspecified atom stereocenters. The van der Waals surface area contributed by atoms with Crippen LogP contribution in [0.25, 0.3) is 0 Å². The van der Waals surface area contributed by atoms with Gasteiger partial charge in [0.15, 0.2) is 0 Å². The zero-order valence-electron chi connectivity index (χ0n) is 15.6. The number of nitrogens with one attached hydrogen (secondary N) is 1. The number of amides is 2. The van der Waals surface area contributed by atoms with Gasteiger partial charge in [-0.3, -0.25) is 19.7 Å². The predicted molar refractivity (Wildman–Crippen MR) is 107 cm³/mol. The van der Waals surface area contributed by atoms with Crippen LogP contribution >= 0.6 is 11.6 Å². The highest BCUT2D eigenvalue weighted by Crippen LogP contribution is 2.25. The van der Waals surface area contributed by atoms with Gasteiger partial charge < -0.3 is 10.2 Å². The lowest BCUT2D eigenvalue weighted by atomic mass is 10.1. The van der Waals surface area contributed by atoms with E-state index in [1.54, 1.807) is 19.1 Å².